The monoisotopic (exact) mass is 303 g/mol. The van der Waals surface area contributed by atoms with E-state index in [1.807, 2.05) is 39.1 Å². The summed E-state index contributed by atoms with van der Waals surface area (Å²) in [5, 5.41) is 3.50. The predicted molar refractivity (Wildman–Crippen MR) is 86.2 cm³/mol. The summed E-state index contributed by atoms with van der Waals surface area (Å²) >= 11 is 0. The van der Waals surface area contributed by atoms with E-state index in [1.165, 1.54) is 6.33 Å². The van der Waals surface area contributed by atoms with Crippen LogP contribution in [0.2, 0.25) is 0 Å². The third kappa shape index (κ3) is 4.21. The number of hydrogen-bond acceptors (Lipinski definition) is 5. The molecule has 2 aromatic heterocycles. The van der Waals surface area contributed by atoms with Crippen molar-refractivity contribution in [3.05, 3.63) is 24.2 Å². The van der Waals surface area contributed by atoms with E-state index in [-0.39, 0.29) is 0 Å². The fourth-order valence-corrected chi connectivity index (χ4v) is 1.93. The highest BCUT2D eigenvalue weighted by Gasteiger charge is 2.15. The summed E-state index contributed by atoms with van der Waals surface area (Å²) in [4.78, 5) is 22.6. The number of nitrogens with two attached hydrogens (primary N) is 1. The van der Waals surface area contributed by atoms with E-state index in [0.717, 1.165) is 10.9 Å². The highest BCUT2D eigenvalue weighted by Crippen LogP contribution is 2.21. The lowest BCUT2D eigenvalue weighted by Crippen LogP contribution is -2.32. The highest BCUT2D eigenvalue weighted by atomic mass is 16.6. The second-order valence-corrected chi connectivity index (χ2v) is 5.85. The van der Waals surface area contributed by atoms with E-state index in [0.29, 0.717) is 24.4 Å². The largest absolute Gasteiger partial charge is 0.444 e. The number of H-pyrrole nitrogens is 1. The van der Waals surface area contributed by atoms with Crippen molar-refractivity contribution in [3.8, 4) is 0 Å². The van der Waals surface area contributed by atoms with Gasteiger partial charge in [-0.3, -0.25) is 0 Å². The van der Waals surface area contributed by atoms with Crippen molar-refractivity contribution < 1.29 is 9.53 Å². The minimum Gasteiger partial charge on any atom is -0.444 e. The van der Waals surface area contributed by atoms with E-state index >= 15 is 0 Å². The van der Waals surface area contributed by atoms with E-state index in [1.54, 1.807) is 0 Å². The van der Waals surface area contributed by atoms with Gasteiger partial charge in [0.15, 0.2) is 0 Å². The van der Waals surface area contributed by atoms with Gasteiger partial charge in [0, 0.05) is 18.3 Å². The zero-order valence-electron chi connectivity index (χ0n) is 13.0. The van der Waals surface area contributed by atoms with Crippen LogP contribution in [0.3, 0.4) is 0 Å². The SMILES string of the molecule is CC(C)(C)OC(=O)NCCC=Cc1c[nH]c2ncnc(N)c12. The topological polar surface area (TPSA) is 106 Å². The summed E-state index contributed by atoms with van der Waals surface area (Å²) in [6.45, 7) is 5.99. The normalized spacial score (nSPS) is 12.0. The number of nitrogen functional groups attached to an aromatic ring is 1. The number of alkyl carbamates (subject to hydrolysis) is 1. The third-order valence-corrected chi connectivity index (χ3v) is 2.81. The number of nitrogens with one attached hydrogen (secondary N) is 2. The lowest BCUT2D eigenvalue weighted by atomic mass is 10.2. The van der Waals surface area contributed by atoms with Gasteiger partial charge in [-0.1, -0.05) is 12.2 Å². The Labute approximate surface area is 129 Å². The molecule has 2 aromatic rings. The highest BCUT2D eigenvalue weighted by molar-refractivity contribution is 5.93. The summed E-state index contributed by atoms with van der Waals surface area (Å²) < 4.78 is 5.15. The van der Waals surface area contributed by atoms with Gasteiger partial charge in [0.05, 0.1) is 5.39 Å². The van der Waals surface area contributed by atoms with Crippen LogP contribution in [0.25, 0.3) is 17.1 Å². The van der Waals surface area contributed by atoms with E-state index in [9.17, 15) is 4.79 Å². The molecule has 0 aromatic carbocycles. The average molecular weight is 303 g/mol. The molecule has 0 aliphatic carbocycles. The first-order valence-electron chi connectivity index (χ1n) is 7.08. The van der Waals surface area contributed by atoms with E-state index < -0.39 is 11.7 Å². The Balaban J connectivity index is 1.86. The second kappa shape index (κ2) is 6.46. The van der Waals surface area contributed by atoms with Gasteiger partial charge in [-0.15, -0.1) is 0 Å². The number of anilines is 1. The van der Waals surface area contributed by atoms with Crippen molar-refractivity contribution in [1.29, 1.82) is 0 Å². The molecule has 2 rings (SSSR count). The number of ether oxygens (including phenoxy) is 1. The molecule has 4 N–H and O–H groups in total. The van der Waals surface area contributed by atoms with Crippen molar-refractivity contribution >= 4 is 29.0 Å². The number of aromatic nitrogens is 3. The van der Waals surface area contributed by atoms with Crippen molar-refractivity contribution in [2.45, 2.75) is 32.8 Å². The Morgan fingerprint density at radius 3 is 2.95 bits per heavy atom. The Morgan fingerprint density at radius 2 is 2.23 bits per heavy atom. The quantitative estimate of drug-likeness (QED) is 0.752. The fourth-order valence-electron chi connectivity index (χ4n) is 1.93. The zero-order chi connectivity index (χ0) is 16.2. The lowest BCUT2D eigenvalue weighted by Gasteiger charge is -2.19. The van der Waals surface area contributed by atoms with Crippen molar-refractivity contribution in [3.63, 3.8) is 0 Å². The number of amides is 1. The van der Waals surface area contributed by atoms with Crippen LogP contribution in [0.1, 0.15) is 32.8 Å². The minimum absolute atomic E-state index is 0.411. The molecular weight excluding hydrogens is 282 g/mol. The molecule has 22 heavy (non-hydrogen) atoms. The van der Waals surface area contributed by atoms with Gasteiger partial charge in [-0.05, 0) is 27.2 Å². The van der Waals surface area contributed by atoms with Gasteiger partial charge in [0.25, 0.3) is 0 Å². The Bertz CT molecular complexity index is 685. The molecule has 0 aliphatic heterocycles. The summed E-state index contributed by atoms with van der Waals surface area (Å²) in [5.41, 5.74) is 7.00. The first kappa shape index (κ1) is 15.8. The van der Waals surface area contributed by atoms with Gasteiger partial charge in [0.2, 0.25) is 0 Å². The zero-order valence-corrected chi connectivity index (χ0v) is 13.0. The van der Waals surface area contributed by atoms with Gasteiger partial charge in [-0.25, -0.2) is 14.8 Å². The van der Waals surface area contributed by atoms with Gasteiger partial charge in [0.1, 0.15) is 23.4 Å². The number of hydrogen-bond donors (Lipinski definition) is 3. The summed E-state index contributed by atoms with van der Waals surface area (Å²) in [7, 11) is 0. The second-order valence-electron chi connectivity index (χ2n) is 5.85. The lowest BCUT2D eigenvalue weighted by molar-refractivity contribution is 0.0529. The first-order chi connectivity index (χ1) is 10.4. The molecule has 0 spiro atoms. The number of rotatable bonds is 4. The van der Waals surface area contributed by atoms with Gasteiger partial charge >= 0.3 is 6.09 Å². The Kier molecular flexibility index (Phi) is 4.65. The Hall–Kier alpha value is -2.57. The number of carbonyl (C=O) groups excluding carboxylic acids is 1. The number of nitrogens with zero attached hydrogens (tertiary/aromatic N) is 2. The smallest absolute Gasteiger partial charge is 0.407 e. The number of carbonyl (C=O) groups is 1. The summed E-state index contributed by atoms with van der Waals surface area (Å²) in [6.07, 6.45) is 7.40. The third-order valence-electron chi connectivity index (χ3n) is 2.81. The minimum atomic E-state index is -0.485. The van der Waals surface area contributed by atoms with Crippen LogP contribution < -0.4 is 11.1 Å². The molecule has 0 saturated heterocycles. The van der Waals surface area contributed by atoms with Crippen LogP contribution in [-0.4, -0.2) is 33.2 Å². The van der Waals surface area contributed by atoms with Crippen LogP contribution in [-0.2, 0) is 4.74 Å². The fraction of sp³-hybridized carbons (Fsp3) is 0.400. The number of fused-ring (bicyclic) bond motifs is 1. The van der Waals surface area contributed by atoms with E-state index in [4.69, 9.17) is 10.5 Å². The molecule has 0 aliphatic rings. The number of aromatic amines is 1. The van der Waals surface area contributed by atoms with Gasteiger partial charge < -0.3 is 20.8 Å². The molecular formula is C15H21N5O2. The molecule has 0 bridgehead atoms. The van der Waals surface area contributed by atoms with Crippen LogP contribution in [0.15, 0.2) is 18.6 Å². The molecule has 2 heterocycles. The van der Waals surface area contributed by atoms with Crippen LogP contribution >= 0.6 is 0 Å². The van der Waals surface area contributed by atoms with Crippen molar-refractivity contribution in [1.82, 2.24) is 20.3 Å². The molecule has 0 radical (unpaired) electrons. The molecule has 0 unspecified atom stereocenters. The average Bonchev–Trinajstić information content (AvgIpc) is 2.81. The van der Waals surface area contributed by atoms with Crippen LogP contribution in [0.5, 0.6) is 0 Å². The van der Waals surface area contributed by atoms with Crippen LogP contribution in [0.4, 0.5) is 10.6 Å². The summed E-state index contributed by atoms with van der Waals surface area (Å²) in [6, 6.07) is 0. The van der Waals surface area contributed by atoms with Gasteiger partial charge in [-0.2, -0.15) is 0 Å². The predicted octanol–water partition coefficient (Wildman–Crippen LogP) is 2.47. The van der Waals surface area contributed by atoms with Crippen molar-refractivity contribution in [2.75, 3.05) is 12.3 Å². The first-order valence-corrected chi connectivity index (χ1v) is 7.08. The van der Waals surface area contributed by atoms with Crippen LogP contribution in [0, 0.1) is 0 Å². The molecule has 118 valence electrons. The maximum absolute atomic E-state index is 11.5. The molecule has 0 atom stereocenters. The Morgan fingerprint density at radius 1 is 1.45 bits per heavy atom. The maximum Gasteiger partial charge on any atom is 0.407 e. The molecule has 0 saturated carbocycles. The molecule has 7 heteroatoms. The van der Waals surface area contributed by atoms with E-state index in [2.05, 4.69) is 20.3 Å². The standard InChI is InChI=1S/C15H21N5O2/c1-15(2,3)22-14(21)17-7-5-4-6-10-8-18-13-11(10)12(16)19-9-20-13/h4,6,8-9H,5,7H2,1-3H3,(H,17,21)(H3,16,18,19,20). The maximum atomic E-state index is 11.5. The molecule has 7 nitrogen and oxygen atoms in total. The molecule has 0 fully saturated rings. The van der Waals surface area contributed by atoms with Crippen molar-refractivity contribution in [2.24, 2.45) is 0 Å². The summed E-state index contributed by atoms with van der Waals surface area (Å²) in [5.74, 6) is 0.442. The molecule has 1 amide bonds.